The molecule has 2 heteroatoms. The Balaban J connectivity index is 2.56. The highest BCUT2D eigenvalue weighted by atomic mass is 16.3. The highest BCUT2D eigenvalue weighted by molar-refractivity contribution is 5.23. The third kappa shape index (κ3) is 3.20. The zero-order valence-corrected chi connectivity index (χ0v) is 8.40. The number of rotatable bonds is 4. The molecule has 14 heavy (non-hydrogen) atoms. The van der Waals surface area contributed by atoms with Crippen LogP contribution in [0.25, 0.3) is 0 Å². The van der Waals surface area contributed by atoms with Crippen LogP contribution in [-0.4, -0.2) is 11.2 Å². The van der Waals surface area contributed by atoms with Gasteiger partial charge >= 0.3 is 0 Å². The number of aryl methyl sites for hydroxylation is 1. The second-order valence-corrected chi connectivity index (χ2v) is 3.39. The van der Waals surface area contributed by atoms with E-state index in [-0.39, 0.29) is 6.42 Å². The Bertz CT molecular complexity index is 310. The van der Waals surface area contributed by atoms with Gasteiger partial charge in [-0.05, 0) is 24.0 Å². The van der Waals surface area contributed by atoms with Crippen molar-refractivity contribution in [2.75, 3.05) is 0 Å². The average molecular weight is 189 g/mol. The molecular formula is C12H15NO. The van der Waals surface area contributed by atoms with E-state index in [9.17, 15) is 5.11 Å². The molecule has 1 unspecified atom stereocenters. The Labute approximate surface area is 84.8 Å². The first kappa shape index (κ1) is 10.7. The number of aliphatic hydroxyl groups excluding tert-OH is 1. The molecule has 1 aromatic rings. The van der Waals surface area contributed by atoms with Gasteiger partial charge in [0.1, 0.15) is 0 Å². The summed E-state index contributed by atoms with van der Waals surface area (Å²) in [6.45, 7) is 2.11. The summed E-state index contributed by atoms with van der Waals surface area (Å²) < 4.78 is 0. The number of hydrogen-bond donors (Lipinski definition) is 1. The summed E-state index contributed by atoms with van der Waals surface area (Å²) in [5, 5.41) is 17.8. The van der Waals surface area contributed by atoms with Crippen molar-refractivity contribution < 1.29 is 5.11 Å². The Hall–Kier alpha value is -1.33. The summed E-state index contributed by atoms with van der Waals surface area (Å²) >= 11 is 0. The lowest BCUT2D eigenvalue weighted by atomic mass is 10.0. The molecule has 0 spiro atoms. The Morgan fingerprint density at radius 3 is 2.36 bits per heavy atom. The zero-order valence-electron chi connectivity index (χ0n) is 8.40. The fraction of sp³-hybridized carbons (Fsp3) is 0.417. The van der Waals surface area contributed by atoms with Crippen molar-refractivity contribution in [3.8, 4) is 6.07 Å². The van der Waals surface area contributed by atoms with Crippen LogP contribution in [0.15, 0.2) is 24.3 Å². The maximum Gasteiger partial charge on any atom is 0.0710 e. The fourth-order valence-electron chi connectivity index (χ4n) is 1.36. The molecular weight excluding hydrogens is 174 g/mol. The summed E-state index contributed by atoms with van der Waals surface area (Å²) in [5.74, 6) is 0. The number of aliphatic hydroxyl groups is 1. The van der Waals surface area contributed by atoms with Crippen LogP contribution in [0.1, 0.15) is 24.5 Å². The molecule has 0 aliphatic rings. The van der Waals surface area contributed by atoms with Crippen molar-refractivity contribution in [1.82, 2.24) is 0 Å². The third-order valence-corrected chi connectivity index (χ3v) is 2.23. The molecule has 0 aromatic heterocycles. The van der Waals surface area contributed by atoms with Gasteiger partial charge < -0.3 is 5.11 Å². The molecule has 0 heterocycles. The molecule has 0 fully saturated rings. The maximum atomic E-state index is 9.41. The van der Waals surface area contributed by atoms with Gasteiger partial charge in [0.25, 0.3) is 0 Å². The SMILES string of the molecule is CCc1ccc(CC(O)CC#N)cc1. The van der Waals surface area contributed by atoms with Crippen LogP contribution in [-0.2, 0) is 12.8 Å². The predicted molar refractivity (Wildman–Crippen MR) is 55.8 cm³/mol. The van der Waals surface area contributed by atoms with Crippen molar-refractivity contribution in [3.05, 3.63) is 35.4 Å². The first-order valence-corrected chi connectivity index (χ1v) is 4.89. The quantitative estimate of drug-likeness (QED) is 0.788. The van der Waals surface area contributed by atoms with E-state index < -0.39 is 6.10 Å². The highest BCUT2D eigenvalue weighted by Crippen LogP contribution is 2.08. The molecule has 0 aliphatic carbocycles. The molecule has 0 amide bonds. The standard InChI is InChI=1S/C12H15NO/c1-2-10-3-5-11(6-4-10)9-12(14)7-8-13/h3-6,12,14H,2,7,9H2,1H3. The maximum absolute atomic E-state index is 9.41. The molecule has 0 aliphatic heterocycles. The van der Waals surface area contributed by atoms with Crippen molar-refractivity contribution >= 4 is 0 Å². The molecule has 0 radical (unpaired) electrons. The van der Waals surface area contributed by atoms with Crippen LogP contribution in [0, 0.1) is 11.3 Å². The number of hydrogen-bond acceptors (Lipinski definition) is 2. The van der Waals surface area contributed by atoms with Crippen LogP contribution in [0.3, 0.4) is 0 Å². The van der Waals surface area contributed by atoms with Crippen LogP contribution >= 0.6 is 0 Å². The lowest BCUT2D eigenvalue weighted by Crippen LogP contribution is -2.08. The van der Waals surface area contributed by atoms with Crippen LogP contribution in [0.5, 0.6) is 0 Å². The normalized spacial score (nSPS) is 12.1. The van der Waals surface area contributed by atoms with E-state index >= 15 is 0 Å². The second kappa shape index (κ2) is 5.41. The molecule has 2 nitrogen and oxygen atoms in total. The summed E-state index contributed by atoms with van der Waals surface area (Å²) in [5.41, 5.74) is 2.38. The van der Waals surface area contributed by atoms with Gasteiger partial charge in [-0.1, -0.05) is 31.2 Å². The minimum Gasteiger partial charge on any atom is -0.392 e. The number of nitriles is 1. The largest absolute Gasteiger partial charge is 0.392 e. The Kier molecular flexibility index (Phi) is 4.15. The van der Waals surface area contributed by atoms with E-state index in [1.54, 1.807) is 0 Å². The molecule has 0 saturated carbocycles. The Morgan fingerprint density at radius 1 is 1.29 bits per heavy atom. The lowest BCUT2D eigenvalue weighted by Gasteiger charge is -2.06. The van der Waals surface area contributed by atoms with E-state index in [1.165, 1.54) is 5.56 Å². The molecule has 0 bridgehead atoms. The van der Waals surface area contributed by atoms with Crippen molar-refractivity contribution in [1.29, 1.82) is 5.26 Å². The van der Waals surface area contributed by atoms with E-state index in [0.29, 0.717) is 6.42 Å². The van der Waals surface area contributed by atoms with Gasteiger partial charge in [-0.15, -0.1) is 0 Å². The van der Waals surface area contributed by atoms with E-state index in [1.807, 2.05) is 18.2 Å². The minimum absolute atomic E-state index is 0.204. The molecule has 0 saturated heterocycles. The van der Waals surface area contributed by atoms with Gasteiger partial charge in [-0.25, -0.2) is 0 Å². The van der Waals surface area contributed by atoms with Gasteiger partial charge in [-0.3, -0.25) is 0 Å². The zero-order chi connectivity index (χ0) is 10.4. The summed E-state index contributed by atoms with van der Waals surface area (Å²) in [4.78, 5) is 0. The van der Waals surface area contributed by atoms with Crippen molar-refractivity contribution in [2.24, 2.45) is 0 Å². The van der Waals surface area contributed by atoms with E-state index in [2.05, 4.69) is 19.1 Å². The minimum atomic E-state index is -0.535. The van der Waals surface area contributed by atoms with Gasteiger partial charge in [-0.2, -0.15) is 5.26 Å². The van der Waals surface area contributed by atoms with Gasteiger partial charge in [0.15, 0.2) is 0 Å². The molecule has 1 rings (SSSR count). The topological polar surface area (TPSA) is 44.0 Å². The second-order valence-electron chi connectivity index (χ2n) is 3.39. The highest BCUT2D eigenvalue weighted by Gasteiger charge is 2.04. The van der Waals surface area contributed by atoms with Gasteiger partial charge in [0, 0.05) is 0 Å². The molecule has 1 N–H and O–H groups in total. The third-order valence-electron chi connectivity index (χ3n) is 2.23. The van der Waals surface area contributed by atoms with E-state index in [4.69, 9.17) is 5.26 Å². The summed E-state index contributed by atoms with van der Waals surface area (Å²) in [7, 11) is 0. The average Bonchev–Trinajstić information content (AvgIpc) is 2.19. The van der Waals surface area contributed by atoms with Crippen LogP contribution < -0.4 is 0 Å². The molecule has 74 valence electrons. The summed E-state index contributed by atoms with van der Waals surface area (Å²) in [6.07, 6.45) is 1.26. The smallest absolute Gasteiger partial charge is 0.0710 e. The Morgan fingerprint density at radius 2 is 1.86 bits per heavy atom. The molecule has 1 atom stereocenters. The predicted octanol–water partition coefficient (Wildman–Crippen LogP) is 2.07. The van der Waals surface area contributed by atoms with E-state index in [0.717, 1.165) is 12.0 Å². The first-order chi connectivity index (χ1) is 6.76. The number of benzene rings is 1. The summed E-state index contributed by atoms with van der Waals surface area (Å²) in [6, 6.07) is 10.1. The monoisotopic (exact) mass is 189 g/mol. The van der Waals surface area contributed by atoms with Gasteiger partial charge in [0.2, 0.25) is 0 Å². The van der Waals surface area contributed by atoms with Crippen LogP contribution in [0.2, 0.25) is 0 Å². The van der Waals surface area contributed by atoms with Crippen LogP contribution in [0.4, 0.5) is 0 Å². The molecule has 1 aromatic carbocycles. The van der Waals surface area contributed by atoms with Crippen molar-refractivity contribution in [3.63, 3.8) is 0 Å². The van der Waals surface area contributed by atoms with Gasteiger partial charge in [0.05, 0.1) is 18.6 Å². The van der Waals surface area contributed by atoms with Crippen molar-refractivity contribution in [2.45, 2.75) is 32.3 Å². The number of nitrogens with zero attached hydrogens (tertiary/aromatic N) is 1. The fourth-order valence-corrected chi connectivity index (χ4v) is 1.36. The first-order valence-electron chi connectivity index (χ1n) is 4.89. The lowest BCUT2D eigenvalue weighted by molar-refractivity contribution is 0.180.